The molecule has 7 nitrogen and oxygen atoms in total. The molecule has 0 spiro atoms. The van der Waals surface area contributed by atoms with Crippen LogP contribution in [0, 0.1) is 6.92 Å². The van der Waals surface area contributed by atoms with Crippen molar-refractivity contribution in [1.82, 2.24) is 0 Å². The molecule has 0 fully saturated rings. The maximum absolute atomic E-state index is 9.24. The molecule has 1 radical (unpaired) electrons. The lowest BCUT2D eigenvalue weighted by molar-refractivity contribution is -0.152. The van der Waals surface area contributed by atoms with Gasteiger partial charge in [-0.2, -0.15) is 0 Å². The van der Waals surface area contributed by atoms with E-state index < -0.39 is 43.2 Å². The zero-order valence-corrected chi connectivity index (χ0v) is 8.01. The third-order valence-corrected chi connectivity index (χ3v) is 2.03. The van der Waals surface area contributed by atoms with Gasteiger partial charge in [-0.05, 0) is 6.92 Å². The first-order valence-electron chi connectivity index (χ1n) is 4.35. The Labute approximate surface area is 86.9 Å². The van der Waals surface area contributed by atoms with Crippen molar-refractivity contribution >= 4 is 0 Å². The maximum Gasteiger partial charge on any atom is 0.111 e. The summed E-state index contributed by atoms with van der Waals surface area (Å²) in [4.78, 5) is 0. The molecule has 0 saturated carbocycles. The predicted molar refractivity (Wildman–Crippen MR) is 48.5 cm³/mol. The molecule has 0 aromatic heterocycles. The monoisotopic (exact) mass is 225 g/mol. The van der Waals surface area contributed by atoms with Crippen LogP contribution in [0.5, 0.6) is 0 Å². The zero-order chi connectivity index (χ0) is 12.2. The van der Waals surface area contributed by atoms with Crippen LogP contribution in [0.4, 0.5) is 0 Å². The van der Waals surface area contributed by atoms with Crippen LogP contribution in [0.3, 0.4) is 0 Å². The second-order valence-corrected chi connectivity index (χ2v) is 3.28. The molecule has 15 heavy (non-hydrogen) atoms. The van der Waals surface area contributed by atoms with Gasteiger partial charge in [0.15, 0.2) is 0 Å². The number of aliphatic hydroxyl groups excluding tert-OH is 7. The predicted octanol–water partition coefficient (Wildman–Crippen LogP) is -4.02. The van der Waals surface area contributed by atoms with Gasteiger partial charge in [0.05, 0.1) is 12.7 Å². The fraction of sp³-hybridized carbons (Fsp3) is 0.875. The Morgan fingerprint density at radius 2 is 1.13 bits per heavy atom. The Balaban J connectivity index is 4.36. The highest BCUT2D eigenvalue weighted by Crippen LogP contribution is 2.10. The van der Waals surface area contributed by atoms with E-state index in [0.717, 1.165) is 0 Å². The van der Waals surface area contributed by atoms with Crippen molar-refractivity contribution in [3.05, 3.63) is 6.92 Å². The summed E-state index contributed by atoms with van der Waals surface area (Å²) in [5, 5.41) is 62.9. The molecule has 0 saturated heterocycles. The van der Waals surface area contributed by atoms with Crippen molar-refractivity contribution < 1.29 is 35.7 Å². The van der Waals surface area contributed by atoms with Gasteiger partial charge in [0.25, 0.3) is 0 Å². The van der Waals surface area contributed by atoms with E-state index in [9.17, 15) is 10.2 Å². The minimum Gasteiger partial charge on any atom is -0.394 e. The minimum absolute atomic E-state index is 0.812. The molecule has 0 amide bonds. The van der Waals surface area contributed by atoms with Crippen LogP contribution in [0.2, 0.25) is 0 Å². The molecule has 0 rings (SSSR count). The van der Waals surface area contributed by atoms with Crippen molar-refractivity contribution in [3.8, 4) is 0 Å². The van der Waals surface area contributed by atoms with Gasteiger partial charge in [0.2, 0.25) is 0 Å². The lowest BCUT2D eigenvalue weighted by Crippen LogP contribution is -2.52. The highest BCUT2D eigenvalue weighted by molar-refractivity contribution is 4.87. The summed E-state index contributed by atoms with van der Waals surface area (Å²) >= 11 is 0. The van der Waals surface area contributed by atoms with Gasteiger partial charge in [-0.25, -0.2) is 0 Å². The molecule has 0 aliphatic heterocycles. The van der Waals surface area contributed by atoms with Crippen molar-refractivity contribution in [1.29, 1.82) is 0 Å². The minimum atomic E-state index is -1.90. The topological polar surface area (TPSA) is 142 Å². The summed E-state index contributed by atoms with van der Waals surface area (Å²) in [6.07, 6.45) is -10.6. The number of hydrogen-bond acceptors (Lipinski definition) is 7. The van der Waals surface area contributed by atoms with E-state index >= 15 is 0 Å². The highest BCUT2D eigenvalue weighted by atomic mass is 16.4. The van der Waals surface area contributed by atoms with E-state index in [1.807, 2.05) is 0 Å². The summed E-state index contributed by atoms with van der Waals surface area (Å²) in [7, 11) is 0. The van der Waals surface area contributed by atoms with Gasteiger partial charge in [-0.15, -0.1) is 0 Å². The van der Waals surface area contributed by atoms with E-state index in [0.29, 0.717) is 0 Å². The Morgan fingerprint density at radius 3 is 1.47 bits per heavy atom. The quantitative estimate of drug-likeness (QED) is 0.244. The molecule has 0 aliphatic carbocycles. The Hall–Kier alpha value is -0.280. The second-order valence-electron chi connectivity index (χ2n) is 3.28. The molecular weight excluding hydrogens is 208 g/mol. The first-order valence-corrected chi connectivity index (χ1v) is 4.35. The normalized spacial score (nSPS) is 24.0. The van der Waals surface area contributed by atoms with E-state index in [1.165, 1.54) is 0 Å². The highest BCUT2D eigenvalue weighted by Gasteiger charge is 2.35. The summed E-state index contributed by atoms with van der Waals surface area (Å²) < 4.78 is 0. The lowest BCUT2D eigenvalue weighted by Gasteiger charge is -2.29. The first-order chi connectivity index (χ1) is 6.82. The number of hydrogen-bond donors (Lipinski definition) is 7. The van der Waals surface area contributed by atoms with E-state index in [4.69, 9.17) is 25.5 Å². The zero-order valence-electron chi connectivity index (χ0n) is 8.01. The number of aliphatic hydroxyl groups is 7. The average Bonchev–Trinajstić information content (AvgIpc) is 2.23. The summed E-state index contributed by atoms with van der Waals surface area (Å²) in [5.41, 5.74) is 0. The smallest absolute Gasteiger partial charge is 0.111 e. The largest absolute Gasteiger partial charge is 0.394 e. The Bertz CT molecular complexity index is 174. The van der Waals surface area contributed by atoms with Crippen molar-refractivity contribution in [2.24, 2.45) is 0 Å². The third-order valence-electron chi connectivity index (χ3n) is 2.03. The average molecular weight is 225 g/mol. The van der Waals surface area contributed by atoms with Crippen LogP contribution in [0.25, 0.3) is 0 Å². The van der Waals surface area contributed by atoms with Gasteiger partial charge in [-0.3, -0.25) is 0 Å². The standard InChI is InChI=1S/C8H17O7/c1-3(10)5(12)7(14)8(15)6(13)4(11)2-9/h3-15H,1-2H2/t3?,4-,5?,6-,7+,8+/m1/s1. The van der Waals surface area contributed by atoms with Crippen LogP contribution in [-0.2, 0) is 0 Å². The molecule has 2 unspecified atom stereocenters. The van der Waals surface area contributed by atoms with Gasteiger partial charge in [-0.1, -0.05) is 0 Å². The third kappa shape index (κ3) is 3.99. The molecule has 7 N–H and O–H groups in total. The van der Waals surface area contributed by atoms with Gasteiger partial charge in [0.1, 0.15) is 30.5 Å². The fourth-order valence-corrected chi connectivity index (χ4v) is 0.967. The van der Waals surface area contributed by atoms with Crippen LogP contribution in [0.1, 0.15) is 0 Å². The Kier molecular flexibility index (Phi) is 6.22. The van der Waals surface area contributed by atoms with Crippen molar-refractivity contribution in [2.75, 3.05) is 6.61 Å². The van der Waals surface area contributed by atoms with Crippen LogP contribution >= 0.6 is 0 Å². The van der Waals surface area contributed by atoms with E-state index in [1.54, 1.807) is 0 Å². The molecule has 6 atom stereocenters. The van der Waals surface area contributed by atoms with E-state index in [-0.39, 0.29) is 0 Å². The van der Waals surface area contributed by atoms with Crippen LogP contribution in [0.15, 0.2) is 0 Å². The van der Waals surface area contributed by atoms with Crippen LogP contribution in [-0.4, -0.2) is 79.0 Å². The first kappa shape index (κ1) is 14.7. The summed E-state index contributed by atoms with van der Waals surface area (Å²) in [6, 6.07) is 0. The van der Waals surface area contributed by atoms with Crippen molar-refractivity contribution in [2.45, 2.75) is 36.6 Å². The number of rotatable bonds is 6. The maximum atomic E-state index is 9.24. The fourth-order valence-electron chi connectivity index (χ4n) is 0.967. The van der Waals surface area contributed by atoms with Crippen LogP contribution < -0.4 is 0 Å². The van der Waals surface area contributed by atoms with Gasteiger partial charge >= 0.3 is 0 Å². The SMILES string of the molecule is [CH2]C(O)C(O)[C@H](O)[C@@H](O)[C@H](O)[C@H](O)CO. The van der Waals surface area contributed by atoms with Gasteiger partial charge < -0.3 is 35.7 Å². The molecule has 0 bridgehead atoms. The Morgan fingerprint density at radius 1 is 0.733 bits per heavy atom. The lowest BCUT2D eigenvalue weighted by atomic mass is 9.97. The molecule has 91 valence electrons. The molecule has 7 heteroatoms. The van der Waals surface area contributed by atoms with Crippen molar-refractivity contribution in [3.63, 3.8) is 0 Å². The molecule has 0 aromatic rings. The molecule has 0 heterocycles. The summed E-state index contributed by atoms with van der Waals surface area (Å²) in [5.74, 6) is 0. The second kappa shape index (κ2) is 6.33. The molecule has 0 aromatic carbocycles. The van der Waals surface area contributed by atoms with Gasteiger partial charge in [0, 0.05) is 0 Å². The molecule has 0 aliphatic rings. The summed E-state index contributed by atoms with van der Waals surface area (Å²) in [6.45, 7) is 2.20. The molecular formula is C8H17O7. The van der Waals surface area contributed by atoms with E-state index in [2.05, 4.69) is 6.92 Å².